The minimum absolute atomic E-state index is 0.0106. The Bertz CT molecular complexity index is 1090. The summed E-state index contributed by atoms with van der Waals surface area (Å²) in [5, 5.41) is 22.5. The van der Waals surface area contributed by atoms with Crippen LogP contribution in [0.3, 0.4) is 0 Å². The molecule has 3 rings (SSSR count). The number of hydrogen-bond acceptors (Lipinski definition) is 8. The fourth-order valence-electron chi connectivity index (χ4n) is 4.09. The maximum atomic E-state index is 15.3. The molecule has 3 atom stereocenters. The molecule has 4 N–H and O–H groups in total. The Labute approximate surface area is 205 Å². The number of amides is 1. The molecule has 194 valence electrons. The quantitative estimate of drug-likeness (QED) is 0.438. The van der Waals surface area contributed by atoms with E-state index in [1.807, 2.05) is 6.07 Å². The first-order valence-electron chi connectivity index (χ1n) is 11.3. The highest BCUT2D eigenvalue weighted by molar-refractivity contribution is 5.82. The lowest BCUT2D eigenvalue weighted by atomic mass is 9.92. The number of primary amides is 1. The monoisotopic (exact) mass is 509 g/mol. The zero-order valence-corrected chi connectivity index (χ0v) is 19.5. The normalized spacial score (nSPS) is 19.4. The molecule has 3 unspecified atom stereocenters. The summed E-state index contributed by atoms with van der Waals surface area (Å²) < 4.78 is 53.7. The third-order valence-electron chi connectivity index (χ3n) is 6.15. The van der Waals surface area contributed by atoms with E-state index >= 15 is 4.39 Å². The van der Waals surface area contributed by atoms with Crippen molar-refractivity contribution < 1.29 is 27.5 Å². The maximum absolute atomic E-state index is 15.3. The SMILES string of the molecule is CCN(Cc1ccc(C(F)(F)F)cc1)c1ncnc(NCC2CCN(C(C#N)C(N)=O)CC2O)c1F. The maximum Gasteiger partial charge on any atom is 0.416 e. The predicted molar refractivity (Wildman–Crippen MR) is 123 cm³/mol. The number of carbonyl (C=O) groups excluding carboxylic acids is 1. The molecule has 2 heterocycles. The number of halogens is 4. The van der Waals surface area contributed by atoms with Gasteiger partial charge in [0.05, 0.1) is 17.7 Å². The van der Waals surface area contributed by atoms with Crippen molar-refractivity contribution in [3.63, 3.8) is 0 Å². The van der Waals surface area contributed by atoms with E-state index < -0.39 is 35.6 Å². The third kappa shape index (κ3) is 6.38. The summed E-state index contributed by atoms with van der Waals surface area (Å²) in [6, 6.07) is 5.33. The number of anilines is 2. The van der Waals surface area contributed by atoms with Crippen molar-refractivity contribution in [2.24, 2.45) is 11.7 Å². The van der Waals surface area contributed by atoms with Crippen LogP contribution in [0.2, 0.25) is 0 Å². The average Bonchev–Trinajstić information content (AvgIpc) is 2.83. The molecule has 0 saturated carbocycles. The van der Waals surface area contributed by atoms with E-state index in [4.69, 9.17) is 11.0 Å². The fourth-order valence-corrected chi connectivity index (χ4v) is 4.09. The second-order valence-corrected chi connectivity index (χ2v) is 8.49. The van der Waals surface area contributed by atoms with Crippen LogP contribution in [0.5, 0.6) is 0 Å². The van der Waals surface area contributed by atoms with Gasteiger partial charge in [0.1, 0.15) is 6.33 Å². The summed E-state index contributed by atoms with van der Waals surface area (Å²) in [6.07, 6.45) is -3.70. The van der Waals surface area contributed by atoms with Crippen LogP contribution in [0.15, 0.2) is 30.6 Å². The van der Waals surface area contributed by atoms with Crippen LogP contribution in [0, 0.1) is 23.1 Å². The molecule has 1 aromatic carbocycles. The Balaban J connectivity index is 1.65. The van der Waals surface area contributed by atoms with E-state index in [1.165, 1.54) is 23.4 Å². The molecule has 0 aliphatic carbocycles. The lowest BCUT2D eigenvalue weighted by Gasteiger charge is -2.37. The summed E-state index contributed by atoms with van der Waals surface area (Å²) in [6.45, 7) is 2.86. The van der Waals surface area contributed by atoms with Gasteiger partial charge >= 0.3 is 6.18 Å². The lowest BCUT2D eigenvalue weighted by Crippen LogP contribution is -2.53. The Morgan fingerprint density at radius 1 is 1.36 bits per heavy atom. The van der Waals surface area contributed by atoms with Gasteiger partial charge in [-0.1, -0.05) is 12.1 Å². The molecule has 36 heavy (non-hydrogen) atoms. The highest BCUT2D eigenvalue weighted by Gasteiger charge is 2.34. The molecule has 1 saturated heterocycles. The zero-order valence-electron chi connectivity index (χ0n) is 19.5. The fraction of sp³-hybridized carbons (Fsp3) is 0.478. The second kappa shape index (κ2) is 11.5. The highest BCUT2D eigenvalue weighted by Crippen LogP contribution is 2.30. The number of alkyl halides is 3. The molecule has 0 radical (unpaired) electrons. The Kier molecular flexibility index (Phi) is 8.65. The molecule has 9 nitrogen and oxygen atoms in total. The smallest absolute Gasteiger partial charge is 0.391 e. The van der Waals surface area contributed by atoms with Gasteiger partial charge in [0.15, 0.2) is 17.7 Å². The second-order valence-electron chi connectivity index (χ2n) is 8.49. The molecule has 1 amide bonds. The average molecular weight is 510 g/mol. The highest BCUT2D eigenvalue weighted by atomic mass is 19.4. The van der Waals surface area contributed by atoms with Crippen molar-refractivity contribution in [1.82, 2.24) is 14.9 Å². The van der Waals surface area contributed by atoms with Crippen molar-refractivity contribution in [3.05, 3.63) is 47.5 Å². The van der Waals surface area contributed by atoms with Gasteiger partial charge in [-0.3, -0.25) is 9.69 Å². The number of nitrogens with two attached hydrogens (primary N) is 1. The van der Waals surface area contributed by atoms with Gasteiger partial charge in [0, 0.05) is 38.6 Å². The number of aliphatic hydroxyl groups is 1. The number of piperidine rings is 1. The van der Waals surface area contributed by atoms with E-state index in [2.05, 4.69) is 15.3 Å². The molecule has 0 spiro atoms. The van der Waals surface area contributed by atoms with Gasteiger partial charge in [-0.05, 0) is 31.0 Å². The number of nitrogens with one attached hydrogen (secondary N) is 1. The van der Waals surface area contributed by atoms with Crippen molar-refractivity contribution in [1.29, 1.82) is 5.26 Å². The topological polar surface area (TPSA) is 131 Å². The van der Waals surface area contributed by atoms with E-state index in [1.54, 1.807) is 11.8 Å². The summed E-state index contributed by atoms with van der Waals surface area (Å²) in [5.74, 6) is -1.89. The summed E-state index contributed by atoms with van der Waals surface area (Å²) in [4.78, 5) is 22.5. The molecular formula is C23H27F4N7O2. The minimum atomic E-state index is -4.44. The number of β-amino-alcohol motifs (C(OH)–C–C–N with tert-alkyl or cyclic N) is 1. The third-order valence-corrected chi connectivity index (χ3v) is 6.15. The standard InChI is InChI=1S/C23H27F4N7O2/c1-2-33(11-14-3-5-16(6-4-14)23(25,26)27)22-19(24)21(31-13-32-22)30-10-15-7-8-34(12-18(15)35)17(9-28)20(29)36/h3-6,13,15,17-18,35H,2,7-8,10-12H2,1H3,(H2,29,36)(H,30,31,32). The Morgan fingerprint density at radius 2 is 2.06 bits per heavy atom. The number of benzene rings is 1. The van der Waals surface area contributed by atoms with Gasteiger partial charge < -0.3 is 21.1 Å². The van der Waals surface area contributed by atoms with Crippen LogP contribution >= 0.6 is 0 Å². The minimum Gasteiger partial charge on any atom is -0.391 e. The Hall–Kier alpha value is -3.50. The van der Waals surface area contributed by atoms with Crippen molar-refractivity contribution in [2.75, 3.05) is 36.4 Å². The zero-order chi connectivity index (χ0) is 26.5. The van der Waals surface area contributed by atoms with Crippen LogP contribution in [-0.2, 0) is 17.5 Å². The number of nitrogens with zero attached hydrogens (tertiary/aromatic N) is 5. The number of aromatic nitrogens is 2. The molecule has 1 aliphatic heterocycles. The van der Waals surface area contributed by atoms with E-state index in [9.17, 15) is 23.1 Å². The van der Waals surface area contributed by atoms with Crippen LogP contribution in [0.25, 0.3) is 0 Å². The van der Waals surface area contributed by atoms with E-state index in [-0.39, 0.29) is 37.2 Å². The molecular weight excluding hydrogens is 482 g/mol. The molecule has 1 aliphatic rings. The van der Waals surface area contributed by atoms with Crippen molar-refractivity contribution >= 4 is 17.5 Å². The molecule has 1 aromatic heterocycles. The molecule has 2 aromatic rings. The summed E-state index contributed by atoms with van der Waals surface area (Å²) >= 11 is 0. The van der Waals surface area contributed by atoms with Gasteiger partial charge in [-0.15, -0.1) is 0 Å². The number of hydrogen-bond donors (Lipinski definition) is 3. The van der Waals surface area contributed by atoms with Crippen LogP contribution in [0.4, 0.5) is 29.2 Å². The number of aliphatic hydroxyl groups excluding tert-OH is 1. The van der Waals surface area contributed by atoms with Gasteiger partial charge in [-0.2, -0.15) is 22.8 Å². The lowest BCUT2D eigenvalue weighted by molar-refractivity contribution is -0.137. The summed E-state index contributed by atoms with van der Waals surface area (Å²) in [5.41, 5.74) is 5.02. The predicted octanol–water partition coefficient (Wildman–Crippen LogP) is 2.13. The number of likely N-dealkylation sites (tertiary alicyclic amines) is 1. The molecule has 0 bridgehead atoms. The Morgan fingerprint density at radius 3 is 2.61 bits per heavy atom. The molecule has 13 heteroatoms. The first kappa shape index (κ1) is 27.1. The van der Waals surface area contributed by atoms with Gasteiger partial charge in [-0.25, -0.2) is 9.97 Å². The first-order chi connectivity index (χ1) is 17.0. The van der Waals surface area contributed by atoms with Gasteiger partial charge in [0.25, 0.3) is 0 Å². The van der Waals surface area contributed by atoms with Crippen LogP contribution < -0.4 is 16.0 Å². The van der Waals surface area contributed by atoms with Crippen LogP contribution in [0.1, 0.15) is 24.5 Å². The largest absolute Gasteiger partial charge is 0.416 e. The summed E-state index contributed by atoms with van der Waals surface area (Å²) in [7, 11) is 0. The van der Waals surface area contributed by atoms with Crippen molar-refractivity contribution in [3.8, 4) is 6.07 Å². The van der Waals surface area contributed by atoms with E-state index in [0.717, 1.165) is 12.1 Å². The van der Waals surface area contributed by atoms with Gasteiger partial charge in [0.2, 0.25) is 11.7 Å². The molecule has 1 fully saturated rings. The van der Waals surface area contributed by atoms with Crippen molar-refractivity contribution in [2.45, 2.75) is 38.2 Å². The number of rotatable bonds is 9. The number of nitriles is 1. The van der Waals surface area contributed by atoms with Crippen LogP contribution in [-0.4, -0.2) is 64.2 Å². The number of carbonyl (C=O) groups is 1. The van der Waals surface area contributed by atoms with E-state index in [0.29, 0.717) is 25.1 Å². The first-order valence-corrected chi connectivity index (χ1v) is 11.3.